The first-order valence-electron chi connectivity index (χ1n) is 4.41. The molecule has 0 unspecified atom stereocenters. The van der Waals surface area contributed by atoms with Crippen molar-refractivity contribution in [1.29, 1.82) is 0 Å². The van der Waals surface area contributed by atoms with Gasteiger partial charge in [0.15, 0.2) is 0 Å². The maximum absolute atomic E-state index is 2.39. The normalized spacial score (nSPS) is 11.3. The van der Waals surface area contributed by atoms with Gasteiger partial charge in [-0.25, -0.2) is 0 Å². The molecule has 1 aromatic rings. The highest BCUT2D eigenvalue weighted by molar-refractivity contribution is 6.74. The summed E-state index contributed by atoms with van der Waals surface area (Å²) in [6.45, 7) is 9.37. The van der Waals surface area contributed by atoms with Gasteiger partial charge in [0.1, 0.15) is 0 Å². The summed E-state index contributed by atoms with van der Waals surface area (Å²) in [7, 11) is -0.383. The summed E-state index contributed by atoms with van der Waals surface area (Å²) in [5.41, 5.74) is 0. The predicted octanol–water partition coefficient (Wildman–Crippen LogP) is 2.82. The quantitative estimate of drug-likeness (QED) is 0.579. The average molecular weight is 177 g/mol. The first-order chi connectivity index (χ1) is 5.52. The lowest BCUT2D eigenvalue weighted by Crippen LogP contribution is -2.35. The van der Waals surface area contributed by atoms with Crippen LogP contribution < -0.4 is 5.19 Å². The van der Waals surface area contributed by atoms with E-state index in [0.29, 0.717) is 5.04 Å². The highest BCUT2D eigenvalue weighted by Crippen LogP contribution is 2.26. The van der Waals surface area contributed by atoms with Crippen molar-refractivity contribution in [2.45, 2.75) is 32.4 Å². The molecule has 0 saturated heterocycles. The minimum atomic E-state index is -0.383. The van der Waals surface area contributed by atoms with E-state index in [1.807, 2.05) is 0 Å². The third-order valence-electron chi connectivity index (χ3n) is 2.33. The van der Waals surface area contributed by atoms with Crippen LogP contribution in [0.4, 0.5) is 0 Å². The Morgan fingerprint density at radius 2 is 1.50 bits per heavy atom. The summed E-state index contributed by atoms with van der Waals surface area (Å²) >= 11 is 0. The Labute approximate surface area is 77.2 Å². The summed E-state index contributed by atoms with van der Waals surface area (Å²) in [4.78, 5) is 0. The second-order valence-electron chi connectivity index (χ2n) is 4.24. The molecule has 0 saturated carbocycles. The lowest BCUT2D eigenvalue weighted by atomic mass is 10.2. The van der Waals surface area contributed by atoms with Crippen molar-refractivity contribution in [3.63, 3.8) is 0 Å². The fourth-order valence-corrected chi connectivity index (χ4v) is 2.68. The van der Waals surface area contributed by atoms with Gasteiger partial charge < -0.3 is 0 Å². The van der Waals surface area contributed by atoms with Crippen LogP contribution in [0.25, 0.3) is 0 Å². The van der Waals surface area contributed by atoms with Gasteiger partial charge in [-0.3, -0.25) is 8.80 Å². The number of rotatable bonds is 1. The van der Waals surface area contributed by atoms with Gasteiger partial charge in [-0.15, -0.1) is 0 Å². The van der Waals surface area contributed by atoms with Crippen LogP contribution in [0.15, 0.2) is 30.3 Å². The monoisotopic (exact) mass is 177 g/mol. The fraction of sp³-hybridized carbons (Fsp3) is 0.455. The molecule has 0 atom stereocenters. The molecule has 12 heavy (non-hydrogen) atoms. The summed E-state index contributed by atoms with van der Waals surface area (Å²) in [5, 5.41) is 2.00. The zero-order chi connectivity index (χ0) is 9.19. The van der Waals surface area contributed by atoms with Crippen LogP contribution in [-0.2, 0) is 0 Å². The molecule has 0 fully saturated rings. The molecule has 66 valence electrons. The highest BCUT2D eigenvalue weighted by atomic mass is 28.3. The first-order valence-corrected chi connectivity index (χ1v) is 6.41. The molecule has 1 rings (SSSR count). The SMILES string of the molecule is C[Si-](c1ccccc1)C(C)(C)C. The van der Waals surface area contributed by atoms with Crippen molar-refractivity contribution in [3.8, 4) is 0 Å². The average Bonchev–Trinajstić information content (AvgIpc) is 2.03. The molecular formula is C11H17Si-. The van der Waals surface area contributed by atoms with Crippen LogP contribution in [0.1, 0.15) is 20.8 Å². The van der Waals surface area contributed by atoms with Crippen molar-refractivity contribution in [1.82, 2.24) is 0 Å². The topological polar surface area (TPSA) is 0 Å². The van der Waals surface area contributed by atoms with E-state index in [1.54, 1.807) is 0 Å². The number of hydrogen-bond acceptors (Lipinski definition) is 0. The zero-order valence-corrected chi connectivity index (χ0v) is 9.39. The molecule has 0 amide bonds. The van der Waals surface area contributed by atoms with Gasteiger partial charge in [-0.2, -0.15) is 16.8 Å². The maximum Gasteiger partial charge on any atom is -0.0625 e. The third kappa shape index (κ3) is 2.21. The van der Waals surface area contributed by atoms with Crippen LogP contribution in [0.3, 0.4) is 0 Å². The molecule has 0 N–H and O–H groups in total. The minimum absolute atomic E-state index is 0.383. The Hall–Kier alpha value is -0.563. The van der Waals surface area contributed by atoms with Crippen LogP contribution in [-0.4, -0.2) is 8.80 Å². The van der Waals surface area contributed by atoms with E-state index in [9.17, 15) is 0 Å². The molecule has 0 aliphatic heterocycles. The summed E-state index contributed by atoms with van der Waals surface area (Å²) < 4.78 is 0. The molecule has 0 nitrogen and oxygen atoms in total. The second kappa shape index (κ2) is 3.44. The predicted molar refractivity (Wildman–Crippen MR) is 57.4 cm³/mol. The summed E-state index contributed by atoms with van der Waals surface area (Å²) in [6.07, 6.45) is 0. The molecule has 1 aromatic carbocycles. The van der Waals surface area contributed by atoms with E-state index in [4.69, 9.17) is 0 Å². The standard InChI is InChI=1S/C11H17Si/c1-11(2,3)12(4)10-8-6-5-7-9-10/h5-9H,1-4H3/q-1. The van der Waals surface area contributed by atoms with Gasteiger partial charge in [-0.1, -0.05) is 51.1 Å². The van der Waals surface area contributed by atoms with E-state index in [-0.39, 0.29) is 8.80 Å². The van der Waals surface area contributed by atoms with E-state index in [0.717, 1.165) is 0 Å². The highest BCUT2D eigenvalue weighted by Gasteiger charge is 2.07. The maximum atomic E-state index is 2.39. The Morgan fingerprint density at radius 3 is 1.92 bits per heavy atom. The largest absolute Gasteiger partial charge is 0.282 e. The molecule has 0 heterocycles. The van der Waals surface area contributed by atoms with Crippen LogP contribution in [0, 0.1) is 0 Å². The van der Waals surface area contributed by atoms with Gasteiger partial charge in [0.2, 0.25) is 0 Å². The van der Waals surface area contributed by atoms with Gasteiger partial charge >= 0.3 is 0 Å². The second-order valence-corrected chi connectivity index (χ2v) is 7.57. The van der Waals surface area contributed by atoms with Crippen molar-refractivity contribution in [2.24, 2.45) is 0 Å². The number of benzene rings is 1. The Bertz CT molecular complexity index is 233. The number of hydrogen-bond donors (Lipinski definition) is 0. The van der Waals surface area contributed by atoms with Gasteiger partial charge in [0.25, 0.3) is 0 Å². The molecule has 0 aliphatic rings. The van der Waals surface area contributed by atoms with Crippen LogP contribution in [0.5, 0.6) is 0 Å². The summed E-state index contributed by atoms with van der Waals surface area (Å²) in [6, 6.07) is 10.9. The van der Waals surface area contributed by atoms with Gasteiger partial charge in [0.05, 0.1) is 0 Å². The van der Waals surface area contributed by atoms with Gasteiger partial charge in [0, 0.05) is 0 Å². The van der Waals surface area contributed by atoms with Crippen molar-refractivity contribution < 1.29 is 0 Å². The van der Waals surface area contributed by atoms with Crippen LogP contribution in [0.2, 0.25) is 11.6 Å². The third-order valence-corrected chi connectivity index (χ3v) is 5.78. The van der Waals surface area contributed by atoms with E-state index >= 15 is 0 Å². The van der Waals surface area contributed by atoms with E-state index < -0.39 is 0 Å². The Morgan fingerprint density at radius 1 is 1.00 bits per heavy atom. The Kier molecular flexibility index (Phi) is 2.73. The molecule has 0 radical (unpaired) electrons. The Balaban J connectivity index is 2.86. The lowest BCUT2D eigenvalue weighted by molar-refractivity contribution is 0.746. The van der Waals surface area contributed by atoms with Crippen molar-refractivity contribution >= 4 is 14.0 Å². The van der Waals surface area contributed by atoms with E-state index in [1.165, 1.54) is 5.19 Å². The van der Waals surface area contributed by atoms with Crippen molar-refractivity contribution in [2.75, 3.05) is 0 Å². The van der Waals surface area contributed by atoms with Crippen molar-refractivity contribution in [3.05, 3.63) is 30.3 Å². The smallest absolute Gasteiger partial charge is 0.0625 e. The molecule has 0 aromatic heterocycles. The fourth-order valence-electron chi connectivity index (χ4n) is 1.12. The zero-order valence-electron chi connectivity index (χ0n) is 8.39. The lowest BCUT2D eigenvalue weighted by Gasteiger charge is -2.41. The first kappa shape index (κ1) is 9.52. The van der Waals surface area contributed by atoms with Crippen LogP contribution >= 0.6 is 0 Å². The van der Waals surface area contributed by atoms with Gasteiger partial charge in [-0.05, 0) is 0 Å². The molecular weight excluding hydrogens is 160 g/mol. The molecule has 0 spiro atoms. The molecule has 0 bridgehead atoms. The minimum Gasteiger partial charge on any atom is -0.282 e. The molecule has 1 heteroatoms. The molecule has 0 aliphatic carbocycles. The summed E-state index contributed by atoms with van der Waals surface area (Å²) in [5.74, 6) is 0. The van der Waals surface area contributed by atoms with E-state index in [2.05, 4.69) is 57.7 Å².